The van der Waals surface area contributed by atoms with E-state index < -0.39 is 5.97 Å². The quantitative estimate of drug-likeness (QED) is 0.599. The first-order valence-electron chi connectivity index (χ1n) is 6.92. The second-order valence-electron chi connectivity index (χ2n) is 4.91. The smallest absolute Gasteiger partial charge is 0.355 e. The number of hydrogen-bond donors (Lipinski definition) is 3. The highest BCUT2D eigenvalue weighted by molar-refractivity contribution is 7.09. The number of carbonyl (C=O) groups excluding carboxylic acids is 1. The molecule has 0 radical (unpaired) electrons. The van der Waals surface area contributed by atoms with Gasteiger partial charge in [-0.1, -0.05) is 0 Å². The number of amides is 2. The first-order valence-corrected chi connectivity index (χ1v) is 7.80. The standard InChI is InChI=1S/C13H19N3O4S/c17-12(18)10-8-21-11(16-10)6-15-13(19)14-4-1-5-20-7-9-2-3-9/h8-9H,1-7H2,(H,17,18)(H2,14,15,19). The van der Waals surface area contributed by atoms with Crippen molar-refractivity contribution in [2.45, 2.75) is 25.8 Å². The van der Waals surface area contributed by atoms with Crippen molar-refractivity contribution in [3.63, 3.8) is 0 Å². The van der Waals surface area contributed by atoms with Crippen LogP contribution in [-0.4, -0.2) is 41.8 Å². The number of nitrogens with one attached hydrogen (secondary N) is 2. The van der Waals surface area contributed by atoms with E-state index in [1.54, 1.807) is 0 Å². The van der Waals surface area contributed by atoms with E-state index in [9.17, 15) is 9.59 Å². The fourth-order valence-electron chi connectivity index (χ4n) is 1.62. The summed E-state index contributed by atoms with van der Waals surface area (Å²) in [5.74, 6) is -0.302. The summed E-state index contributed by atoms with van der Waals surface area (Å²) >= 11 is 1.21. The molecule has 1 aliphatic rings. The Morgan fingerprint density at radius 1 is 1.43 bits per heavy atom. The summed E-state index contributed by atoms with van der Waals surface area (Å²) in [5, 5.41) is 16.1. The number of rotatable bonds is 9. The third-order valence-corrected chi connectivity index (χ3v) is 3.82. The van der Waals surface area contributed by atoms with Crippen LogP contribution in [-0.2, 0) is 11.3 Å². The normalized spacial score (nSPS) is 13.9. The molecule has 0 atom stereocenters. The van der Waals surface area contributed by atoms with Gasteiger partial charge in [-0.2, -0.15) is 0 Å². The number of ether oxygens (including phenoxy) is 1. The fourth-order valence-corrected chi connectivity index (χ4v) is 2.33. The van der Waals surface area contributed by atoms with Crippen molar-refractivity contribution in [3.05, 3.63) is 16.1 Å². The first kappa shape index (κ1) is 15.7. The predicted molar refractivity (Wildman–Crippen MR) is 77.5 cm³/mol. The molecule has 0 aliphatic heterocycles. The van der Waals surface area contributed by atoms with Crippen LogP contribution in [0.3, 0.4) is 0 Å². The minimum Gasteiger partial charge on any atom is -0.476 e. The number of urea groups is 1. The molecule has 0 saturated heterocycles. The monoisotopic (exact) mass is 313 g/mol. The highest BCUT2D eigenvalue weighted by Crippen LogP contribution is 2.28. The Morgan fingerprint density at radius 2 is 2.24 bits per heavy atom. The van der Waals surface area contributed by atoms with E-state index in [-0.39, 0.29) is 18.3 Å². The lowest BCUT2D eigenvalue weighted by atomic mass is 10.4. The Kier molecular flexibility index (Phi) is 5.94. The summed E-state index contributed by atoms with van der Waals surface area (Å²) in [4.78, 5) is 26.0. The van der Waals surface area contributed by atoms with E-state index in [0.29, 0.717) is 18.2 Å². The van der Waals surface area contributed by atoms with Gasteiger partial charge < -0.3 is 20.5 Å². The summed E-state index contributed by atoms with van der Waals surface area (Å²) in [7, 11) is 0. The zero-order valence-corrected chi connectivity index (χ0v) is 12.4. The Hall–Kier alpha value is -1.67. The lowest BCUT2D eigenvalue weighted by Crippen LogP contribution is -2.35. The Morgan fingerprint density at radius 3 is 2.90 bits per heavy atom. The van der Waals surface area contributed by atoms with Gasteiger partial charge in [0.15, 0.2) is 5.69 Å². The Balaban J connectivity index is 1.51. The van der Waals surface area contributed by atoms with E-state index in [4.69, 9.17) is 9.84 Å². The molecule has 7 nitrogen and oxygen atoms in total. The fraction of sp³-hybridized carbons (Fsp3) is 0.615. The summed E-state index contributed by atoms with van der Waals surface area (Å²) < 4.78 is 5.46. The number of carboxylic acid groups (broad SMARTS) is 1. The average molecular weight is 313 g/mol. The van der Waals surface area contributed by atoms with Crippen LogP contribution in [0.4, 0.5) is 4.79 Å². The van der Waals surface area contributed by atoms with E-state index >= 15 is 0 Å². The molecule has 1 heterocycles. The van der Waals surface area contributed by atoms with E-state index in [0.717, 1.165) is 18.9 Å². The lowest BCUT2D eigenvalue weighted by Gasteiger charge is -2.06. The molecular formula is C13H19N3O4S. The highest BCUT2D eigenvalue weighted by atomic mass is 32.1. The molecule has 116 valence electrons. The number of nitrogens with zero attached hydrogens (tertiary/aromatic N) is 1. The lowest BCUT2D eigenvalue weighted by molar-refractivity contribution is 0.0691. The van der Waals surface area contributed by atoms with Gasteiger partial charge in [0, 0.05) is 25.1 Å². The average Bonchev–Trinajstić information content (AvgIpc) is 3.15. The van der Waals surface area contributed by atoms with Gasteiger partial charge in [-0.3, -0.25) is 0 Å². The zero-order chi connectivity index (χ0) is 15.1. The van der Waals surface area contributed by atoms with Crippen molar-refractivity contribution < 1.29 is 19.4 Å². The Labute approximate surface area is 126 Å². The van der Waals surface area contributed by atoms with Crippen LogP contribution in [0.1, 0.15) is 34.8 Å². The molecule has 0 aromatic carbocycles. The van der Waals surface area contributed by atoms with Crippen LogP contribution in [0.15, 0.2) is 5.38 Å². The molecular weight excluding hydrogens is 294 g/mol. The largest absolute Gasteiger partial charge is 0.476 e. The molecule has 2 amide bonds. The summed E-state index contributed by atoms with van der Waals surface area (Å²) in [6.45, 7) is 2.27. The first-order chi connectivity index (χ1) is 10.1. The van der Waals surface area contributed by atoms with Gasteiger partial charge in [-0.05, 0) is 25.2 Å². The van der Waals surface area contributed by atoms with Crippen molar-refractivity contribution in [2.75, 3.05) is 19.8 Å². The van der Waals surface area contributed by atoms with Crippen molar-refractivity contribution >= 4 is 23.3 Å². The van der Waals surface area contributed by atoms with Crippen LogP contribution >= 0.6 is 11.3 Å². The van der Waals surface area contributed by atoms with Gasteiger partial charge in [-0.25, -0.2) is 14.6 Å². The van der Waals surface area contributed by atoms with Crippen molar-refractivity contribution in [1.82, 2.24) is 15.6 Å². The van der Waals surface area contributed by atoms with Gasteiger partial charge >= 0.3 is 12.0 Å². The van der Waals surface area contributed by atoms with Gasteiger partial charge in [0.25, 0.3) is 0 Å². The van der Waals surface area contributed by atoms with Crippen molar-refractivity contribution in [2.24, 2.45) is 5.92 Å². The predicted octanol–water partition coefficient (Wildman–Crippen LogP) is 1.46. The number of thiazole rings is 1. The maximum atomic E-state index is 11.5. The second kappa shape index (κ2) is 7.94. The molecule has 2 rings (SSSR count). The topological polar surface area (TPSA) is 101 Å². The molecule has 3 N–H and O–H groups in total. The van der Waals surface area contributed by atoms with Crippen molar-refractivity contribution in [1.29, 1.82) is 0 Å². The van der Waals surface area contributed by atoms with Gasteiger partial charge in [0.2, 0.25) is 0 Å². The molecule has 0 spiro atoms. The maximum absolute atomic E-state index is 11.5. The highest BCUT2D eigenvalue weighted by Gasteiger charge is 2.20. The molecule has 1 aromatic rings. The van der Waals surface area contributed by atoms with Gasteiger partial charge in [-0.15, -0.1) is 11.3 Å². The molecule has 1 fully saturated rings. The number of hydrogen-bond acceptors (Lipinski definition) is 5. The minimum absolute atomic E-state index is 0.00465. The molecule has 1 aliphatic carbocycles. The van der Waals surface area contributed by atoms with Crippen LogP contribution in [0.25, 0.3) is 0 Å². The zero-order valence-electron chi connectivity index (χ0n) is 11.6. The maximum Gasteiger partial charge on any atom is 0.355 e. The van der Waals surface area contributed by atoms with Crippen LogP contribution in [0.2, 0.25) is 0 Å². The molecule has 0 unspecified atom stereocenters. The third-order valence-electron chi connectivity index (χ3n) is 2.97. The van der Waals surface area contributed by atoms with Crippen LogP contribution < -0.4 is 10.6 Å². The van der Waals surface area contributed by atoms with Gasteiger partial charge in [0.05, 0.1) is 6.54 Å². The molecule has 1 aromatic heterocycles. The van der Waals surface area contributed by atoms with Crippen LogP contribution in [0, 0.1) is 5.92 Å². The molecule has 21 heavy (non-hydrogen) atoms. The summed E-state index contributed by atoms with van der Waals surface area (Å²) in [5.41, 5.74) is 0.00465. The Bertz CT molecular complexity index is 488. The van der Waals surface area contributed by atoms with E-state index in [1.807, 2.05) is 0 Å². The van der Waals surface area contributed by atoms with Crippen molar-refractivity contribution in [3.8, 4) is 0 Å². The number of aromatic carboxylic acids is 1. The van der Waals surface area contributed by atoms with E-state index in [1.165, 1.54) is 29.6 Å². The second-order valence-corrected chi connectivity index (χ2v) is 5.86. The number of carbonyl (C=O) groups is 2. The SMILES string of the molecule is O=C(NCCCOCC1CC1)NCc1nc(C(=O)O)cs1. The van der Waals surface area contributed by atoms with E-state index in [2.05, 4.69) is 15.6 Å². The summed E-state index contributed by atoms with van der Waals surface area (Å²) in [6, 6.07) is -0.288. The minimum atomic E-state index is -1.06. The number of aromatic nitrogens is 1. The van der Waals surface area contributed by atoms with Gasteiger partial charge in [0.1, 0.15) is 5.01 Å². The molecule has 8 heteroatoms. The molecule has 1 saturated carbocycles. The third kappa shape index (κ3) is 6.09. The number of carboxylic acids is 1. The molecule has 0 bridgehead atoms. The summed E-state index contributed by atoms with van der Waals surface area (Å²) in [6.07, 6.45) is 3.34. The van der Waals surface area contributed by atoms with Crippen LogP contribution in [0.5, 0.6) is 0 Å².